The minimum Gasteiger partial charge on any atom is -0.376 e. The summed E-state index contributed by atoms with van der Waals surface area (Å²) in [6, 6.07) is 0. The summed E-state index contributed by atoms with van der Waals surface area (Å²) in [5, 5.41) is 6.65. The Morgan fingerprint density at radius 1 is 1.14 bits per heavy atom. The number of nitrogens with zero attached hydrogens (tertiary/aromatic N) is 2. The van der Waals surface area contributed by atoms with Crippen molar-refractivity contribution in [3.05, 3.63) is 0 Å². The summed E-state index contributed by atoms with van der Waals surface area (Å²) in [5.41, 5.74) is 0. The Hall–Kier alpha value is -0.810. The van der Waals surface area contributed by atoms with Crippen molar-refractivity contribution >= 4 is 5.96 Å². The maximum Gasteiger partial charge on any atom is 0.191 e. The highest BCUT2D eigenvalue weighted by Gasteiger charge is 2.12. The van der Waals surface area contributed by atoms with Crippen molar-refractivity contribution in [3.63, 3.8) is 0 Å². The predicted molar refractivity (Wildman–Crippen MR) is 94.6 cm³/mol. The van der Waals surface area contributed by atoms with Crippen LogP contribution in [0.1, 0.15) is 52.4 Å². The van der Waals surface area contributed by atoms with Gasteiger partial charge in [-0.2, -0.15) is 0 Å². The fourth-order valence-corrected chi connectivity index (χ4v) is 2.64. The molecule has 0 amide bonds. The Morgan fingerprint density at radius 3 is 2.50 bits per heavy atom. The van der Waals surface area contributed by atoms with Crippen molar-refractivity contribution in [2.45, 2.75) is 58.5 Å². The van der Waals surface area contributed by atoms with Gasteiger partial charge in [-0.15, -0.1) is 0 Å². The van der Waals surface area contributed by atoms with Crippen LogP contribution in [0.3, 0.4) is 0 Å². The van der Waals surface area contributed by atoms with Gasteiger partial charge < -0.3 is 20.3 Å². The lowest BCUT2D eigenvalue weighted by Gasteiger charge is -2.17. The zero-order valence-electron chi connectivity index (χ0n) is 14.9. The summed E-state index contributed by atoms with van der Waals surface area (Å²) in [6.07, 6.45) is 8.35. The number of hydrogen-bond donors (Lipinski definition) is 2. The van der Waals surface area contributed by atoms with Gasteiger partial charge in [-0.3, -0.25) is 4.99 Å². The highest BCUT2D eigenvalue weighted by Crippen LogP contribution is 2.19. The molecule has 0 saturated heterocycles. The molecule has 0 aromatic rings. The van der Waals surface area contributed by atoms with Crippen molar-refractivity contribution in [2.75, 3.05) is 46.4 Å². The first-order valence-electron chi connectivity index (χ1n) is 9.08. The third kappa shape index (κ3) is 9.26. The quantitative estimate of drug-likeness (QED) is 0.297. The number of hydrogen-bond acceptors (Lipinski definition) is 3. The van der Waals surface area contributed by atoms with E-state index in [1.807, 2.05) is 0 Å². The monoisotopic (exact) mass is 312 g/mol. The lowest BCUT2D eigenvalue weighted by atomic mass is 10.1. The van der Waals surface area contributed by atoms with E-state index >= 15 is 0 Å². The van der Waals surface area contributed by atoms with Gasteiger partial charge in [0.1, 0.15) is 0 Å². The summed E-state index contributed by atoms with van der Waals surface area (Å²) >= 11 is 0. The van der Waals surface area contributed by atoms with E-state index in [0.29, 0.717) is 6.10 Å². The zero-order valence-corrected chi connectivity index (χ0v) is 14.9. The van der Waals surface area contributed by atoms with Crippen LogP contribution in [0.25, 0.3) is 0 Å². The van der Waals surface area contributed by atoms with Crippen LogP contribution in [-0.2, 0) is 4.74 Å². The van der Waals surface area contributed by atoms with Gasteiger partial charge >= 0.3 is 0 Å². The molecule has 130 valence electrons. The first-order valence-corrected chi connectivity index (χ1v) is 9.08. The van der Waals surface area contributed by atoms with Crippen LogP contribution in [0.4, 0.5) is 0 Å². The molecule has 5 heteroatoms. The van der Waals surface area contributed by atoms with Gasteiger partial charge in [0.15, 0.2) is 5.96 Å². The van der Waals surface area contributed by atoms with Gasteiger partial charge in [0, 0.05) is 19.6 Å². The van der Waals surface area contributed by atoms with Gasteiger partial charge in [0.05, 0.1) is 19.3 Å². The van der Waals surface area contributed by atoms with Crippen LogP contribution in [0.2, 0.25) is 0 Å². The smallest absolute Gasteiger partial charge is 0.191 e. The molecule has 1 fully saturated rings. The third-order valence-electron chi connectivity index (χ3n) is 4.19. The lowest BCUT2D eigenvalue weighted by Crippen LogP contribution is -2.39. The average molecular weight is 313 g/mol. The van der Waals surface area contributed by atoms with Crippen molar-refractivity contribution in [1.82, 2.24) is 15.5 Å². The van der Waals surface area contributed by atoms with Crippen LogP contribution >= 0.6 is 0 Å². The summed E-state index contributed by atoms with van der Waals surface area (Å²) in [6.45, 7) is 9.62. The van der Waals surface area contributed by atoms with Crippen LogP contribution in [-0.4, -0.2) is 63.3 Å². The highest BCUT2D eigenvalue weighted by molar-refractivity contribution is 5.79. The summed E-state index contributed by atoms with van der Waals surface area (Å²) < 4.78 is 6.00. The Bertz CT molecular complexity index is 288. The van der Waals surface area contributed by atoms with Gasteiger partial charge in [-0.25, -0.2) is 0 Å². The minimum absolute atomic E-state index is 0.474. The first-order chi connectivity index (χ1) is 10.8. The van der Waals surface area contributed by atoms with E-state index < -0.39 is 0 Å². The summed E-state index contributed by atoms with van der Waals surface area (Å²) in [5.74, 6) is 0.900. The molecule has 0 atom stereocenters. The molecule has 0 radical (unpaired) electrons. The molecule has 0 spiro atoms. The maximum atomic E-state index is 6.00. The van der Waals surface area contributed by atoms with E-state index in [2.05, 4.69) is 41.4 Å². The second-order valence-corrected chi connectivity index (χ2v) is 6.07. The van der Waals surface area contributed by atoms with E-state index in [1.165, 1.54) is 38.5 Å². The van der Waals surface area contributed by atoms with E-state index in [9.17, 15) is 0 Å². The number of aliphatic imine (C=N–C) groups is 1. The summed E-state index contributed by atoms with van der Waals surface area (Å²) in [7, 11) is 2.12. The second kappa shape index (κ2) is 12.7. The van der Waals surface area contributed by atoms with Crippen molar-refractivity contribution in [2.24, 2.45) is 4.99 Å². The van der Waals surface area contributed by atoms with E-state index in [-0.39, 0.29) is 0 Å². The van der Waals surface area contributed by atoms with E-state index in [1.54, 1.807) is 0 Å². The number of rotatable bonds is 9. The molecule has 0 aromatic carbocycles. The van der Waals surface area contributed by atoms with E-state index in [4.69, 9.17) is 4.74 Å². The molecule has 22 heavy (non-hydrogen) atoms. The molecule has 1 aliphatic rings. The average Bonchev–Trinajstić information content (AvgIpc) is 2.80. The molecule has 5 nitrogen and oxygen atoms in total. The van der Waals surface area contributed by atoms with Gasteiger partial charge in [-0.1, -0.05) is 32.6 Å². The number of guanidine groups is 1. The standard InChI is InChI=1S/C17H36N4O/c1-4-18-17(19-12-14-21(3)5-2)20-13-15-22-16-10-8-6-7-9-11-16/h16H,4-15H2,1-3H3,(H2,18,19,20). The largest absolute Gasteiger partial charge is 0.376 e. The third-order valence-corrected chi connectivity index (χ3v) is 4.19. The fraction of sp³-hybridized carbons (Fsp3) is 0.941. The SMILES string of the molecule is CCNC(=NCCN(C)CC)NCCOC1CCCCCC1. The van der Waals surface area contributed by atoms with Gasteiger partial charge in [0.25, 0.3) is 0 Å². The van der Waals surface area contributed by atoms with Crippen molar-refractivity contribution in [3.8, 4) is 0 Å². The topological polar surface area (TPSA) is 48.9 Å². The molecule has 1 saturated carbocycles. The molecule has 0 aromatic heterocycles. The molecule has 0 heterocycles. The predicted octanol–water partition coefficient (Wildman–Crippen LogP) is 2.23. The molecule has 2 N–H and O–H groups in total. The van der Waals surface area contributed by atoms with Crippen LogP contribution < -0.4 is 10.6 Å². The van der Waals surface area contributed by atoms with E-state index in [0.717, 1.165) is 45.3 Å². The van der Waals surface area contributed by atoms with Crippen molar-refractivity contribution in [1.29, 1.82) is 0 Å². The normalized spacial score (nSPS) is 17.5. The number of ether oxygens (including phenoxy) is 1. The maximum absolute atomic E-state index is 6.00. The molecule has 0 bridgehead atoms. The Labute approximate surface area is 136 Å². The Kier molecular flexibility index (Phi) is 11.1. The molecule has 1 rings (SSSR count). The lowest BCUT2D eigenvalue weighted by molar-refractivity contribution is 0.0468. The van der Waals surface area contributed by atoms with Crippen molar-refractivity contribution < 1.29 is 4.74 Å². The van der Waals surface area contributed by atoms with Crippen LogP contribution in [0.5, 0.6) is 0 Å². The minimum atomic E-state index is 0.474. The van der Waals surface area contributed by atoms with Crippen LogP contribution in [0, 0.1) is 0 Å². The highest BCUT2D eigenvalue weighted by atomic mass is 16.5. The molecule has 0 aliphatic heterocycles. The summed E-state index contributed by atoms with van der Waals surface area (Å²) in [4.78, 5) is 6.86. The molecular formula is C17H36N4O. The first kappa shape index (κ1) is 19.2. The number of nitrogens with one attached hydrogen (secondary N) is 2. The molecule has 1 aliphatic carbocycles. The van der Waals surface area contributed by atoms with Crippen LogP contribution in [0.15, 0.2) is 4.99 Å². The second-order valence-electron chi connectivity index (χ2n) is 6.07. The fourth-order valence-electron chi connectivity index (χ4n) is 2.64. The molecular weight excluding hydrogens is 276 g/mol. The van der Waals surface area contributed by atoms with Gasteiger partial charge in [-0.05, 0) is 33.4 Å². The Balaban J connectivity index is 2.18. The Morgan fingerprint density at radius 2 is 1.86 bits per heavy atom. The molecule has 0 unspecified atom stereocenters. The zero-order chi connectivity index (χ0) is 16.0. The number of likely N-dealkylation sites (N-methyl/N-ethyl adjacent to an activating group) is 1. The van der Waals surface area contributed by atoms with Gasteiger partial charge in [0.2, 0.25) is 0 Å².